The van der Waals surface area contributed by atoms with Crippen molar-refractivity contribution in [1.82, 2.24) is 0 Å². The lowest BCUT2D eigenvalue weighted by Gasteiger charge is -2.07. The van der Waals surface area contributed by atoms with Crippen LogP contribution in [0.5, 0.6) is 5.75 Å². The number of rotatable bonds is 3. The fourth-order valence-electron chi connectivity index (χ4n) is 2.31. The molecule has 2 aromatic carbocycles. The van der Waals surface area contributed by atoms with Crippen LogP contribution in [-0.4, -0.2) is 11.7 Å². The Morgan fingerprint density at radius 2 is 1.89 bits per heavy atom. The largest absolute Gasteiger partial charge is 0.507 e. The van der Waals surface area contributed by atoms with E-state index in [0.29, 0.717) is 12.3 Å². The Labute approximate surface area is 116 Å². The third-order valence-corrected chi connectivity index (χ3v) is 4.23. The molecule has 1 aromatic heterocycles. The van der Waals surface area contributed by atoms with E-state index in [-0.39, 0.29) is 0 Å². The summed E-state index contributed by atoms with van der Waals surface area (Å²) in [5.74, 6) is 0.323. The van der Waals surface area contributed by atoms with Gasteiger partial charge < -0.3 is 10.8 Å². The Morgan fingerprint density at radius 1 is 1.05 bits per heavy atom. The molecule has 3 aromatic rings. The van der Waals surface area contributed by atoms with Gasteiger partial charge in [-0.25, -0.2) is 0 Å². The first-order chi connectivity index (χ1) is 9.29. The highest BCUT2D eigenvalue weighted by molar-refractivity contribution is 7.17. The SMILES string of the molecule is NCCc1ccc(O)c(-c2csc3ccccc23)c1. The Balaban J connectivity index is 2.17. The van der Waals surface area contributed by atoms with E-state index in [1.165, 1.54) is 10.1 Å². The topological polar surface area (TPSA) is 46.2 Å². The van der Waals surface area contributed by atoms with Gasteiger partial charge in [-0.3, -0.25) is 0 Å². The first-order valence-corrected chi connectivity index (χ1v) is 7.16. The number of thiophene rings is 1. The van der Waals surface area contributed by atoms with Crippen molar-refractivity contribution < 1.29 is 5.11 Å². The number of hydrogen-bond donors (Lipinski definition) is 2. The molecule has 0 atom stereocenters. The van der Waals surface area contributed by atoms with Gasteiger partial charge in [0, 0.05) is 21.2 Å². The summed E-state index contributed by atoms with van der Waals surface area (Å²) in [6.07, 6.45) is 0.829. The highest BCUT2D eigenvalue weighted by atomic mass is 32.1. The predicted octanol–water partition coefficient (Wildman–Crippen LogP) is 3.78. The maximum absolute atomic E-state index is 10.1. The molecule has 0 fully saturated rings. The van der Waals surface area contributed by atoms with Gasteiger partial charge in [-0.1, -0.05) is 24.3 Å². The van der Waals surface area contributed by atoms with Gasteiger partial charge in [0.25, 0.3) is 0 Å². The number of aromatic hydroxyl groups is 1. The summed E-state index contributed by atoms with van der Waals surface area (Å²) in [5, 5.41) is 13.4. The van der Waals surface area contributed by atoms with Crippen LogP contribution in [0.4, 0.5) is 0 Å². The first-order valence-electron chi connectivity index (χ1n) is 6.28. The number of benzene rings is 2. The van der Waals surface area contributed by atoms with Crippen molar-refractivity contribution in [1.29, 1.82) is 0 Å². The normalized spacial score (nSPS) is 11.0. The van der Waals surface area contributed by atoms with Gasteiger partial charge in [-0.15, -0.1) is 11.3 Å². The molecule has 0 amide bonds. The van der Waals surface area contributed by atoms with Crippen molar-refractivity contribution in [3.63, 3.8) is 0 Å². The second-order valence-corrected chi connectivity index (χ2v) is 5.45. The van der Waals surface area contributed by atoms with Crippen LogP contribution < -0.4 is 5.73 Å². The third kappa shape index (κ3) is 2.23. The minimum Gasteiger partial charge on any atom is -0.507 e. The molecule has 0 aliphatic rings. The van der Waals surface area contributed by atoms with Crippen LogP contribution in [0.15, 0.2) is 47.8 Å². The zero-order valence-electron chi connectivity index (χ0n) is 10.5. The van der Waals surface area contributed by atoms with E-state index in [2.05, 4.69) is 17.5 Å². The minimum atomic E-state index is 0.323. The monoisotopic (exact) mass is 269 g/mol. The molecule has 0 spiro atoms. The summed E-state index contributed by atoms with van der Waals surface area (Å²) in [4.78, 5) is 0. The van der Waals surface area contributed by atoms with E-state index in [1.54, 1.807) is 17.4 Å². The highest BCUT2D eigenvalue weighted by Gasteiger charge is 2.10. The van der Waals surface area contributed by atoms with E-state index >= 15 is 0 Å². The predicted molar refractivity (Wildman–Crippen MR) is 81.7 cm³/mol. The minimum absolute atomic E-state index is 0.323. The summed E-state index contributed by atoms with van der Waals surface area (Å²) >= 11 is 1.70. The molecule has 0 aliphatic carbocycles. The Morgan fingerprint density at radius 3 is 2.74 bits per heavy atom. The molecule has 96 valence electrons. The quantitative estimate of drug-likeness (QED) is 0.760. The summed E-state index contributed by atoms with van der Waals surface area (Å²) in [6.45, 7) is 0.620. The fraction of sp³-hybridized carbons (Fsp3) is 0.125. The molecule has 0 unspecified atom stereocenters. The van der Waals surface area contributed by atoms with Crippen LogP contribution in [0, 0.1) is 0 Å². The van der Waals surface area contributed by atoms with Gasteiger partial charge in [0.1, 0.15) is 5.75 Å². The maximum Gasteiger partial charge on any atom is 0.123 e. The molecular formula is C16H15NOS. The lowest BCUT2D eigenvalue weighted by molar-refractivity contribution is 0.477. The molecule has 0 bridgehead atoms. The van der Waals surface area contributed by atoms with Crippen LogP contribution in [0.25, 0.3) is 21.2 Å². The Kier molecular flexibility index (Phi) is 3.23. The molecular weight excluding hydrogens is 254 g/mol. The van der Waals surface area contributed by atoms with Crippen molar-refractivity contribution in [3.05, 3.63) is 53.4 Å². The van der Waals surface area contributed by atoms with Gasteiger partial charge in [0.05, 0.1) is 0 Å². The highest BCUT2D eigenvalue weighted by Crippen LogP contribution is 2.38. The van der Waals surface area contributed by atoms with Gasteiger partial charge in [-0.2, -0.15) is 0 Å². The Bertz CT molecular complexity index is 718. The van der Waals surface area contributed by atoms with E-state index in [9.17, 15) is 5.11 Å². The molecule has 3 rings (SSSR count). The number of fused-ring (bicyclic) bond motifs is 1. The number of phenols is 1. The smallest absolute Gasteiger partial charge is 0.123 e. The molecule has 0 radical (unpaired) electrons. The van der Waals surface area contributed by atoms with Crippen LogP contribution in [0.1, 0.15) is 5.56 Å². The van der Waals surface area contributed by atoms with Crippen LogP contribution >= 0.6 is 11.3 Å². The van der Waals surface area contributed by atoms with Gasteiger partial charge in [0.2, 0.25) is 0 Å². The summed E-state index contributed by atoms with van der Waals surface area (Å²) < 4.78 is 1.24. The van der Waals surface area contributed by atoms with Crippen LogP contribution in [0.2, 0.25) is 0 Å². The lowest BCUT2D eigenvalue weighted by Crippen LogP contribution is -2.02. The number of hydrogen-bond acceptors (Lipinski definition) is 3. The molecule has 1 heterocycles. The van der Waals surface area contributed by atoms with Crippen molar-refractivity contribution in [2.45, 2.75) is 6.42 Å². The first kappa shape index (κ1) is 12.2. The molecule has 2 nitrogen and oxygen atoms in total. The zero-order valence-corrected chi connectivity index (χ0v) is 11.3. The van der Waals surface area contributed by atoms with E-state index in [0.717, 1.165) is 23.1 Å². The zero-order chi connectivity index (χ0) is 13.2. The number of nitrogens with two attached hydrogens (primary N) is 1. The molecule has 3 N–H and O–H groups in total. The average Bonchev–Trinajstić information content (AvgIpc) is 2.85. The fourth-order valence-corrected chi connectivity index (χ4v) is 3.27. The third-order valence-electron chi connectivity index (χ3n) is 3.27. The van der Waals surface area contributed by atoms with Gasteiger partial charge >= 0.3 is 0 Å². The lowest BCUT2D eigenvalue weighted by atomic mass is 10.00. The maximum atomic E-state index is 10.1. The van der Waals surface area contributed by atoms with Crippen molar-refractivity contribution in [2.75, 3.05) is 6.54 Å². The van der Waals surface area contributed by atoms with Crippen molar-refractivity contribution >= 4 is 21.4 Å². The van der Waals surface area contributed by atoms with E-state index < -0.39 is 0 Å². The molecule has 0 aliphatic heterocycles. The van der Waals surface area contributed by atoms with Crippen molar-refractivity contribution in [2.24, 2.45) is 5.73 Å². The number of phenolic OH excluding ortho intramolecular Hbond substituents is 1. The molecule has 0 saturated heterocycles. The standard InChI is InChI=1S/C16H15NOS/c17-8-7-11-5-6-15(18)13(9-11)14-10-19-16-4-2-1-3-12(14)16/h1-6,9-10,18H,7-8,17H2. The van der Waals surface area contributed by atoms with Gasteiger partial charge in [-0.05, 0) is 42.1 Å². The second kappa shape index (κ2) is 5.03. The van der Waals surface area contributed by atoms with Gasteiger partial charge in [0.15, 0.2) is 0 Å². The van der Waals surface area contributed by atoms with Crippen molar-refractivity contribution in [3.8, 4) is 16.9 Å². The summed E-state index contributed by atoms with van der Waals surface area (Å²) in [6, 6.07) is 14.0. The van der Waals surface area contributed by atoms with E-state index in [4.69, 9.17) is 5.73 Å². The molecule has 3 heteroatoms. The summed E-state index contributed by atoms with van der Waals surface area (Å²) in [7, 11) is 0. The Hall–Kier alpha value is -1.84. The van der Waals surface area contributed by atoms with Crippen LogP contribution in [0.3, 0.4) is 0 Å². The average molecular weight is 269 g/mol. The van der Waals surface area contributed by atoms with E-state index in [1.807, 2.05) is 24.3 Å². The summed E-state index contributed by atoms with van der Waals surface area (Å²) in [5.41, 5.74) is 8.74. The molecule has 0 saturated carbocycles. The van der Waals surface area contributed by atoms with Crippen LogP contribution in [-0.2, 0) is 6.42 Å². The second-order valence-electron chi connectivity index (χ2n) is 4.54. The molecule has 19 heavy (non-hydrogen) atoms.